The van der Waals surface area contributed by atoms with E-state index in [9.17, 15) is 18.7 Å². The number of rotatable bonds is 1. The highest BCUT2D eigenvalue weighted by atomic mass is 19.3. The first kappa shape index (κ1) is 8.43. The Morgan fingerprint density at radius 2 is 2.18 bits per heavy atom. The Kier molecular flexibility index (Phi) is 2.11. The van der Waals surface area contributed by atoms with Crippen molar-refractivity contribution >= 4 is 5.97 Å². The van der Waals surface area contributed by atoms with Crippen molar-refractivity contribution < 1.29 is 18.7 Å². The number of halogens is 2. The molecule has 0 aliphatic heterocycles. The van der Waals surface area contributed by atoms with Gasteiger partial charge in [0.15, 0.2) is 0 Å². The van der Waals surface area contributed by atoms with E-state index in [1.54, 1.807) is 0 Å². The Labute approximate surface area is 63.2 Å². The Bertz CT molecular complexity index is 168. The fourth-order valence-corrected chi connectivity index (χ4v) is 1.37. The third-order valence-electron chi connectivity index (χ3n) is 1.97. The van der Waals surface area contributed by atoms with Gasteiger partial charge in [0.1, 0.15) is 0 Å². The molecule has 1 fully saturated rings. The first-order valence-electron chi connectivity index (χ1n) is 3.60. The minimum Gasteiger partial charge on any atom is -0.550 e. The van der Waals surface area contributed by atoms with Gasteiger partial charge in [-0.15, -0.1) is 0 Å². The van der Waals surface area contributed by atoms with Crippen LogP contribution < -0.4 is 5.11 Å². The first-order valence-corrected chi connectivity index (χ1v) is 3.60. The molecule has 0 heterocycles. The van der Waals surface area contributed by atoms with Crippen LogP contribution in [0.25, 0.3) is 0 Å². The molecular weight excluding hydrogens is 154 g/mol. The van der Waals surface area contributed by atoms with E-state index in [1.165, 1.54) is 0 Å². The monoisotopic (exact) mass is 163 g/mol. The predicted octanol–water partition coefficient (Wildman–Crippen LogP) is 0.562. The smallest absolute Gasteiger partial charge is 0.248 e. The van der Waals surface area contributed by atoms with Crippen LogP contribution in [0.4, 0.5) is 8.78 Å². The van der Waals surface area contributed by atoms with Crippen molar-refractivity contribution in [3.05, 3.63) is 0 Å². The van der Waals surface area contributed by atoms with Gasteiger partial charge < -0.3 is 9.90 Å². The Morgan fingerprint density at radius 3 is 2.55 bits per heavy atom. The summed E-state index contributed by atoms with van der Waals surface area (Å²) in [6, 6.07) is 0. The number of carbonyl (C=O) groups excluding carboxylic acids is 1. The quantitative estimate of drug-likeness (QED) is 0.566. The van der Waals surface area contributed by atoms with E-state index in [4.69, 9.17) is 0 Å². The number of alkyl halides is 2. The Morgan fingerprint density at radius 1 is 1.55 bits per heavy atom. The second-order valence-corrected chi connectivity index (χ2v) is 2.97. The first-order chi connectivity index (χ1) is 5.01. The zero-order chi connectivity index (χ0) is 8.48. The van der Waals surface area contributed by atoms with Crippen LogP contribution in [-0.4, -0.2) is 11.9 Å². The molecule has 1 saturated carbocycles. The van der Waals surface area contributed by atoms with E-state index in [0.717, 1.165) is 0 Å². The number of hydrogen-bond acceptors (Lipinski definition) is 2. The fraction of sp³-hybridized carbons (Fsp3) is 0.857. The Balaban J connectivity index is 2.53. The van der Waals surface area contributed by atoms with Gasteiger partial charge in [0.25, 0.3) is 0 Å². The van der Waals surface area contributed by atoms with Crippen molar-refractivity contribution in [3.8, 4) is 0 Å². The van der Waals surface area contributed by atoms with Crippen molar-refractivity contribution in [2.75, 3.05) is 0 Å². The minimum atomic E-state index is -2.79. The molecule has 0 N–H and O–H groups in total. The summed E-state index contributed by atoms with van der Waals surface area (Å²) in [5, 5.41) is 10.2. The number of carboxylic acid groups (broad SMARTS) is 1. The molecule has 1 rings (SSSR count). The summed E-state index contributed by atoms with van der Waals surface area (Å²) in [7, 11) is 0. The lowest BCUT2D eigenvalue weighted by Crippen LogP contribution is -2.38. The van der Waals surface area contributed by atoms with Crippen molar-refractivity contribution in [1.82, 2.24) is 0 Å². The zero-order valence-corrected chi connectivity index (χ0v) is 5.98. The average molecular weight is 163 g/mol. The second-order valence-electron chi connectivity index (χ2n) is 2.97. The lowest BCUT2D eigenvalue weighted by atomic mass is 9.87. The van der Waals surface area contributed by atoms with Crippen LogP contribution in [0.5, 0.6) is 0 Å². The summed E-state index contributed by atoms with van der Waals surface area (Å²) in [6.45, 7) is 0. The van der Waals surface area contributed by atoms with Crippen molar-refractivity contribution in [2.45, 2.75) is 31.6 Å². The number of carboxylic acids is 1. The van der Waals surface area contributed by atoms with Gasteiger partial charge in [-0.25, -0.2) is 8.78 Å². The van der Waals surface area contributed by atoms with Crippen molar-refractivity contribution in [2.24, 2.45) is 5.92 Å². The lowest BCUT2D eigenvalue weighted by molar-refractivity contribution is -0.314. The highest BCUT2D eigenvalue weighted by Crippen LogP contribution is 2.36. The molecule has 64 valence electrons. The molecule has 1 aliphatic carbocycles. The van der Waals surface area contributed by atoms with E-state index in [0.29, 0.717) is 6.42 Å². The summed E-state index contributed by atoms with van der Waals surface area (Å²) < 4.78 is 25.0. The molecule has 0 bridgehead atoms. The second kappa shape index (κ2) is 2.75. The number of hydrogen-bond donors (Lipinski definition) is 0. The third kappa shape index (κ3) is 2.13. The number of aliphatic carboxylic acids is 1. The maximum absolute atomic E-state index is 12.5. The molecule has 11 heavy (non-hydrogen) atoms. The van der Waals surface area contributed by atoms with Gasteiger partial charge in [0.05, 0.1) is 0 Å². The summed E-state index contributed by atoms with van der Waals surface area (Å²) in [5.41, 5.74) is 0. The molecule has 4 heteroatoms. The molecule has 2 nitrogen and oxygen atoms in total. The maximum Gasteiger partial charge on any atom is 0.248 e. The molecule has 1 unspecified atom stereocenters. The van der Waals surface area contributed by atoms with E-state index >= 15 is 0 Å². The van der Waals surface area contributed by atoms with E-state index in [2.05, 4.69) is 0 Å². The predicted molar refractivity (Wildman–Crippen MR) is 31.9 cm³/mol. The molecular formula is C7H9F2O2-. The number of carbonyl (C=O) groups is 1. The Hall–Kier alpha value is -0.670. The summed E-state index contributed by atoms with van der Waals surface area (Å²) >= 11 is 0. The van der Waals surface area contributed by atoms with Gasteiger partial charge >= 0.3 is 0 Å². The zero-order valence-electron chi connectivity index (χ0n) is 5.98. The SMILES string of the molecule is O=C([O-])C1CCCC(F)(F)C1. The van der Waals surface area contributed by atoms with Crippen LogP contribution >= 0.6 is 0 Å². The van der Waals surface area contributed by atoms with Crippen LogP contribution in [0.1, 0.15) is 25.7 Å². The van der Waals surface area contributed by atoms with Crippen molar-refractivity contribution in [1.29, 1.82) is 0 Å². The molecule has 1 aliphatic rings. The van der Waals surface area contributed by atoms with E-state index in [1.807, 2.05) is 0 Å². The molecule has 0 aromatic heterocycles. The standard InChI is InChI=1S/C7H10F2O2/c8-7(9)3-1-2-5(4-7)6(10)11/h5H,1-4H2,(H,10,11)/p-1. The summed E-state index contributed by atoms with van der Waals surface area (Å²) in [6.07, 6.45) is -0.115. The van der Waals surface area contributed by atoms with Crippen LogP contribution in [0.15, 0.2) is 0 Å². The topological polar surface area (TPSA) is 40.1 Å². The van der Waals surface area contributed by atoms with Gasteiger partial charge in [0, 0.05) is 24.7 Å². The van der Waals surface area contributed by atoms with E-state index in [-0.39, 0.29) is 12.8 Å². The van der Waals surface area contributed by atoms with Gasteiger partial charge in [0.2, 0.25) is 5.92 Å². The summed E-state index contributed by atoms with van der Waals surface area (Å²) in [4.78, 5) is 10.2. The van der Waals surface area contributed by atoms with Gasteiger partial charge in [-0.2, -0.15) is 0 Å². The van der Waals surface area contributed by atoms with Gasteiger partial charge in [-0.05, 0) is 12.8 Å². The third-order valence-corrected chi connectivity index (χ3v) is 1.97. The largest absolute Gasteiger partial charge is 0.550 e. The lowest BCUT2D eigenvalue weighted by Gasteiger charge is -2.29. The van der Waals surface area contributed by atoms with Gasteiger partial charge in [-0.3, -0.25) is 0 Å². The molecule has 0 aromatic carbocycles. The summed E-state index contributed by atoms with van der Waals surface area (Å²) in [5.74, 6) is -5.08. The highest BCUT2D eigenvalue weighted by Gasteiger charge is 2.36. The molecule has 0 saturated heterocycles. The normalized spacial score (nSPS) is 29.8. The van der Waals surface area contributed by atoms with Crippen molar-refractivity contribution in [3.63, 3.8) is 0 Å². The minimum absolute atomic E-state index is 0.184. The average Bonchev–Trinajstić information content (AvgIpc) is 1.85. The fourth-order valence-electron chi connectivity index (χ4n) is 1.37. The maximum atomic E-state index is 12.5. The van der Waals surface area contributed by atoms with Crippen LogP contribution in [0, 0.1) is 5.92 Å². The van der Waals surface area contributed by atoms with Crippen LogP contribution in [0.3, 0.4) is 0 Å². The molecule has 0 aromatic rings. The van der Waals surface area contributed by atoms with Crippen LogP contribution in [0.2, 0.25) is 0 Å². The van der Waals surface area contributed by atoms with Crippen LogP contribution in [-0.2, 0) is 4.79 Å². The molecule has 0 spiro atoms. The van der Waals surface area contributed by atoms with E-state index < -0.39 is 24.2 Å². The highest BCUT2D eigenvalue weighted by molar-refractivity contribution is 5.67. The molecule has 0 amide bonds. The van der Waals surface area contributed by atoms with Gasteiger partial charge in [-0.1, -0.05) is 0 Å². The molecule has 1 atom stereocenters. The molecule has 0 radical (unpaired) electrons.